The highest BCUT2D eigenvalue weighted by Gasteiger charge is 2.20. The Labute approximate surface area is 222 Å². The quantitative estimate of drug-likeness (QED) is 0.111. The van der Waals surface area contributed by atoms with Crippen LogP contribution in [0.15, 0.2) is 90.0 Å². The summed E-state index contributed by atoms with van der Waals surface area (Å²) in [6.45, 7) is 0. The zero-order chi connectivity index (χ0) is 25.8. The molecule has 1 heterocycles. The molecule has 0 aliphatic rings. The van der Waals surface area contributed by atoms with Crippen molar-refractivity contribution < 1.29 is 19.1 Å². The van der Waals surface area contributed by atoms with E-state index < -0.39 is 5.97 Å². The van der Waals surface area contributed by atoms with Gasteiger partial charge in [0.25, 0.3) is 0 Å². The molecule has 1 aromatic heterocycles. The van der Waals surface area contributed by atoms with Gasteiger partial charge in [0, 0.05) is 10.1 Å². The monoisotopic (exact) mass is 528 g/mol. The number of hydrazone groups is 1. The summed E-state index contributed by atoms with van der Waals surface area (Å²) in [6.07, 6.45) is 1.70. The number of amides is 1. The minimum absolute atomic E-state index is 0.206. The standard InChI is InChI=1S/C29H21ClN2O4S/c1-35-24-15-18(17-31-32-26(33)16-20-9-6-8-19-7-2-3-10-21(19)20)13-14-23(24)36-29(34)28-27(30)22-11-4-5-12-25(22)37-28/h2-15,17H,16H2,1H3,(H,32,33)/b31-17-. The summed E-state index contributed by atoms with van der Waals surface area (Å²) >= 11 is 7.68. The van der Waals surface area contributed by atoms with Gasteiger partial charge in [-0.1, -0.05) is 72.3 Å². The number of halogens is 1. The molecule has 0 atom stereocenters. The van der Waals surface area contributed by atoms with E-state index >= 15 is 0 Å². The summed E-state index contributed by atoms with van der Waals surface area (Å²) in [4.78, 5) is 25.6. The molecule has 37 heavy (non-hydrogen) atoms. The van der Waals surface area contributed by atoms with Crippen LogP contribution < -0.4 is 14.9 Å². The number of hydrogen-bond acceptors (Lipinski definition) is 6. The topological polar surface area (TPSA) is 77.0 Å². The number of carbonyl (C=O) groups excluding carboxylic acids is 2. The number of benzene rings is 4. The molecule has 0 spiro atoms. The minimum atomic E-state index is -0.563. The number of ether oxygens (including phenoxy) is 2. The molecule has 4 aromatic carbocycles. The van der Waals surface area contributed by atoms with Crippen LogP contribution in [0.1, 0.15) is 20.8 Å². The molecule has 5 aromatic rings. The van der Waals surface area contributed by atoms with Crippen LogP contribution in [-0.4, -0.2) is 25.2 Å². The first-order valence-electron chi connectivity index (χ1n) is 11.4. The summed E-state index contributed by atoms with van der Waals surface area (Å²) in [6, 6.07) is 26.3. The molecule has 0 aliphatic heterocycles. The van der Waals surface area contributed by atoms with Crippen LogP contribution in [0.2, 0.25) is 5.02 Å². The number of nitrogens with zero attached hydrogens (tertiary/aromatic N) is 1. The Morgan fingerprint density at radius 1 is 0.946 bits per heavy atom. The molecule has 0 fully saturated rings. The van der Waals surface area contributed by atoms with Gasteiger partial charge in [-0.25, -0.2) is 10.2 Å². The normalized spacial score (nSPS) is 11.2. The molecule has 8 heteroatoms. The third-order valence-corrected chi connectivity index (χ3v) is 7.40. The molecule has 184 valence electrons. The summed E-state index contributed by atoms with van der Waals surface area (Å²) in [5.74, 6) is -0.202. The smallest absolute Gasteiger partial charge is 0.355 e. The average Bonchev–Trinajstić information content (AvgIpc) is 3.26. The number of hydrogen-bond donors (Lipinski definition) is 1. The fourth-order valence-corrected chi connectivity index (χ4v) is 5.36. The average molecular weight is 529 g/mol. The summed E-state index contributed by atoms with van der Waals surface area (Å²) in [5.41, 5.74) is 4.14. The van der Waals surface area contributed by atoms with Crippen LogP contribution in [0.4, 0.5) is 0 Å². The highest BCUT2D eigenvalue weighted by atomic mass is 35.5. The third-order valence-electron chi connectivity index (χ3n) is 5.74. The fourth-order valence-electron chi connectivity index (χ4n) is 3.98. The number of fused-ring (bicyclic) bond motifs is 2. The zero-order valence-corrected chi connectivity index (χ0v) is 21.3. The first kappa shape index (κ1) is 24.5. The minimum Gasteiger partial charge on any atom is -0.493 e. The van der Waals surface area contributed by atoms with E-state index in [0.29, 0.717) is 21.2 Å². The van der Waals surface area contributed by atoms with Crippen molar-refractivity contribution in [2.24, 2.45) is 5.10 Å². The van der Waals surface area contributed by atoms with Crippen molar-refractivity contribution in [1.82, 2.24) is 5.43 Å². The van der Waals surface area contributed by atoms with Gasteiger partial charge in [-0.15, -0.1) is 11.3 Å². The van der Waals surface area contributed by atoms with E-state index in [1.54, 1.807) is 18.2 Å². The van der Waals surface area contributed by atoms with Crippen molar-refractivity contribution in [3.63, 3.8) is 0 Å². The number of esters is 1. The van der Waals surface area contributed by atoms with Crippen LogP contribution in [-0.2, 0) is 11.2 Å². The largest absolute Gasteiger partial charge is 0.493 e. The number of carbonyl (C=O) groups is 2. The lowest BCUT2D eigenvalue weighted by Crippen LogP contribution is -2.19. The van der Waals surface area contributed by atoms with Crippen molar-refractivity contribution in [3.8, 4) is 11.5 Å². The van der Waals surface area contributed by atoms with E-state index in [2.05, 4.69) is 10.5 Å². The molecule has 5 rings (SSSR count). The second-order valence-corrected chi connectivity index (χ2v) is 9.58. The molecule has 0 bridgehead atoms. The number of thiophene rings is 1. The Bertz CT molecular complexity index is 1660. The maximum atomic E-state index is 12.8. The van der Waals surface area contributed by atoms with E-state index in [9.17, 15) is 9.59 Å². The van der Waals surface area contributed by atoms with Gasteiger partial charge in [-0.2, -0.15) is 5.10 Å². The second-order valence-electron chi connectivity index (χ2n) is 8.15. The van der Waals surface area contributed by atoms with Crippen molar-refractivity contribution in [2.75, 3.05) is 7.11 Å². The van der Waals surface area contributed by atoms with Crippen LogP contribution in [0.3, 0.4) is 0 Å². The summed E-state index contributed by atoms with van der Waals surface area (Å²) < 4.78 is 11.9. The van der Waals surface area contributed by atoms with Crippen LogP contribution in [0.25, 0.3) is 20.9 Å². The van der Waals surface area contributed by atoms with Crippen LogP contribution in [0.5, 0.6) is 11.5 Å². The molecule has 0 aliphatic carbocycles. The third kappa shape index (κ3) is 5.33. The second kappa shape index (κ2) is 10.8. The van der Waals surface area contributed by atoms with Gasteiger partial charge in [0.2, 0.25) is 5.91 Å². The molecule has 6 nitrogen and oxygen atoms in total. The van der Waals surface area contributed by atoms with Crippen molar-refractivity contribution in [1.29, 1.82) is 0 Å². The number of rotatable bonds is 7. The molecule has 1 amide bonds. The van der Waals surface area contributed by atoms with E-state index in [0.717, 1.165) is 26.4 Å². The first-order chi connectivity index (χ1) is 18.0. The van der Waals surface area contributed by atoms with Gasteiger partial charge in [0.1, 0.15) is 4.88 Å². The van der Waals surface area contributed by atoms with Gasteiger partial charge >= 0.3 is 5.97 Å². The summed E-state index contributed by atoms with van der Waals surface area (Å²) in [7, 11) is 1.48. The van der Waals surface area contributed by atoms with Gasteiger partial charge in [-0.05, 0) is 46.2 Å². The highest BCUT2D eigenvalue weighted by molar-refractivity contribution is 7.21. The number of nitrogens with one attached hydrogen (secondary N) is 1. The van der Waals surface area contributed by atoms with Gasteiger partial charge in [0.05, 0.1) is 24.8 Å². The SMILES string of the molecule is COc1cc(/C=N\NC(=O)Cc2cccc3ccccc23)ccc1OC(=O)c1sc2ccccc2c1Cl. The van der Waals surface area contributed by atoms with Crippen LogP contribution in [0, 0.1) is 0 Å². The summed E-state index contributed by atoms with van der Waals surface area (Å²) in [5, 5.41) is 7.36. The molecule has 0 saturated heterocycles. The lowest BCUT2D eigenvalue weighted by molar-refractivity contribution is -0.120. The lowest BCUT2D eigenvalue weighted by Gasteiger charge is -2.09. The Kier molecular flexibility index (Phi) is 7.16. The van der Waals surface area contributed by atoms with E-state index in [-0.39, 0.29) is 18.1 Å². The molecule has 0 saturated carbocycles. The maximum absolute atomic E-state index is 12.8. The molecular formula is C29H21ClN2O4S. The Balaban J connectivity index is 1.25. The Morgan fingerprint density at radius 2 is 1.70 bits per heavy atom. The Hall–Kier alpha value is -4.20. The Morgan fingerprint density at radius 3 is 2.51 bits per heavy atom. The lowest BCUT2D eigenvalue weighted by atomic mass is 10.0. The van der Waals surface area contributed by atoms with E-state index in [4.69, 9.17) is 21.1 Å². The van der Waals surface area contributed by atoms with Crippen molar-refractivity contribution in [2.45, 2.75) is 6.42 Å². The van der Waals surface area contributed by atoms with Gasteiger partial charge in [-0.3, -0.25) is 4.79 Å². The van der Waals surface area contributed by atoms with Gasteiger partial charge in [0.15, 0.2) is 11.5 Å². The van der Waals surface area contributed by atoms with Crippen LogP contribution >= 0.6 is 22.9 Å². The predicted octanol–water partition coefficient (Wildman–Crippen LogP) is 6.63. The van der Waals surface area contributed by atoms with Gasteiger partial charge < -0.3 is 9.47 Å². The molecule has 0 unspecified atom stereocenters. The highest BCUT2D eigenvalue weighted by Crippen LogP contribution is 2.37. The predicted molar refractivity (Wildman–Crippen MR) is 148 cm³/mol. The van der Waals surface area contributed by atoms with Crippen molar-refractivity contribution in [3.05, 3.63) is 106 Å². The number of methoxy groups -OCH3 is 1. The molecular weight excluding hydrogens is 508 g/mol. The van der Waals surface area contributed by atoms with E-state index in [1.165, 1.54) is 24.7 Å². The van der Waals surface area contributed by atoms with E-state index in [1.807, 2.05) is 66.7 Å². The zero-order valence-electron chi connectivity index (χ0n) is 19.7. The first-order valence-corrected chi connectivity index (χ1v) is 12.6. The molecule has 0 radical (unpaired) electrons. The fraction of sp³-hybridized carbons (Fsp3) is 0.0690. The van der Waals surface area contributed by atoms with Crippen molar-refractivity contribution >= 4 is 61.9 Å². The molecule has 1 N–H and O–H groups in total. The maximum Gasteiger partial charge on any atom is 0.355 e.